The summed E-state index contributed by atoms with van der Waals surface area (Å²) in [6, 6.07) is 10.3. The summed E-state index contributed by atoms with van der Waals surface area (Å²) >= 11 is 0. The van der Waals surface area contributed by atoms with Crippen LogP contribution in [0.1, 0.15) is 0 Å². The van der Waals surface area contributed by atoms with Crippen molar-refractivity contribution in [1.82, 2.24) is 0 Å². The molecule has 0 atom stereocenters. The van der Waals surface area contributed by atoms with Crippen LogP contribution in [0.5, 0.6) is 5.75 Å². The predicted octanol–water partition coefficient (Wildman–Crippen LogP) is 2.33. The maximum Gasteiger partial charge on any atom is 0.262 e. The Morgan fingerprint density at radius 1 is 1.06 bits per heavy atom. The Kier molecular flexibility index (Phi) is 3.20. The molecular weight excluding hydrogens is 257 g/mol. The van der Waals surface area contributed by atoms with E-state index in [9.17, 15) is 17.9 Å². The van der Waals surface area contributed by atoms with Crippen LogP contribution in [0.25, 0.3) is 0 Å². The second-order valence-electron chi connectivity index (χ2n) is 3.61. The molecule has 0 aliphatic carbocycles. The highest BCUT2D eigenvalue weighted by atomic mass is 32.2. The minimum atomic E-state index is -3.83. The Morgan fingerprint density at radius 3 is 2.44 bits per heavy atom. The summed E-state index contributed by atoms with van der Waals surface area (Å²) in [5, 5.41) is 9.23. The summed E-state index contributed by atoms with van der Waals surface area (Å²) < 4.78 is 39.0. The molecule has 0 aromatic heterocycles. The van der Waals surface area contributed by atoms with Crippen molar-refractivity contribution in [3.63, 3.8) is 0 Å². The van der Waals surface area contributed by atoms with Crippen molar-refractivity contribution in [3.05, 3.63) is 54.3 Å². The van der Waals surface area contributed by atoms with Crippen molar-refractivity contribution in [2.45, 2.75) is 4.90 Å². The number of benzene rings is 2. The first-order valence-corrected chi connectivity index (χ1v) is 6.53. The molecule has 18 heavy (non-hydrogen) atoms. The lowest BCUT2D eigenvalue weighted by atomic mass is 10.3. The Hall–Kier alpha value is -2.08. The fourth-order valence-electron chi connectivity index (χ4n) is 1.42. The predicted molar refractivity (Wildman–Crippen MR) is 65.3 cm³/mol. The summed E-state index contributed by atoms with van der Waals surface area (Å²) in [6.07, 6.45) is 0. The average Bonchev–Trinajstić information content (AvgIpc) is 2.28. The molecule has 0 bridgehead atoms. The van der Waals surface area contributed by atoms with Gasteiger partial charge in [0.25, 0.3) is 10.0 Å². The molecule has 0 aliphatic heterocycles. The molecule has 0 saturated heterocycles. The lowest BCUT2D eigenvalue weighted by molar-refractivity contribution is 0.473. The lowest BCUT2D eigenvalue weighted by Crippen LogP contribution is -2.12. The van der Waals surface area contributed by atoms with Crippen LogP contribution in [0.15, 0.2) is 53.4 Å². The Bertz CT molecular complexity index is 671. The molecule has 4 nitrogen and oxygen atoms in total. The third-order valence-corrected chi connectivity index (χ3v) is 3.58. The number of phenolic OH excluding ortho intramolecular Hbond substituents is 1. The maximum absolute atomic E-state index is 12.9. The molecule has 0 amide bonds. The van der Waals surface area contributed by atoms with E-state index >= 15 is 0 Å². The third kappa shape index (κ3) is 2.78. The Labute approximate surface area is 104 Å². The van der Waals surface area contributed by atoms with E-state index in [0.29, 0.717) is 0 Å². The van der Waals surface area contributed by atoms with Crippen LogP contribution in [0, 0.1) is 5.82 Å². The number of rotatable bonds is 3. The fraction of sp³-hybridized carbons (Fsp3) is 0. The van der Waals surface area contributed by atoms with Gasteiger partial charge in [-0.3, -0.25) is 4.72 Å². The number of hydrogen-bond donors (Lipinski definition) is 2. The van der Waals surface area contributed by atoms with E-state index < -0.39 is 15.8 Å². The van der Waals surface area contributed by atoms with E-state index in [1.165, 1.54) is 36.4 Å². The topological polar surface area (TPSA) is 66.4 Å². The molecule has 0 heterocycles. The van der Waals surface area contributed by atoms with E-state index in [1.807, 2.05) is 0 Å². The molecule has 0 spiro atoms. The van der Waals surface area contributed by atoms with Crippen LogP contribution in [-0.4, -0.2) is 13.5 Å². The van der Waals surface area contributed by atoms with Crippen molar-refractivity contribution in [1.29, 1.82) is 0 Å². The molecule has 0 fully saturated rings. The number of aromatic hydroxyl groups is 1. The standard InChI is InChI=1S/C12H10FNO3S/c13-9-3-1-4-10(7-9)14-18(16,17)12-6-2-5-11(15)8-12/h1-8,14-15H. The van der Waals surface area contributed by atoms with E-state index in [-0.39, 0.29) is 16.3 Å². The van der Waals surface area contributed by atoms with Gasteiger partial charge in [0.15, 0.2) is 0 Å². The van der Waals surface area contributed by atoms with Crippen molar-refractivity contribution in [3.8, 4) is 5.75 Å². The van der Waals surface area contributed by atoms with Gasteiger partial charge in [0.2, 0.25) is 0 Å². The third-order valence-electron chi connectivity index (χ3n) is 2.20. The quantitative estimate of drug-likeness (QED) is 0.897. The van der Waals surface area contributed by atoms with Gasteiger partial charge in [0.05, 0.1) is 10.6 Å². The van der Waals surface area contributed by atoms with Crippen LogP contribution in [0.2, 0.25) is 0 Å². The molecule has 0 unspecified atom stereocenters. The molecular formula is C12H10FNO3S. The molecule has 0 saturated carbocycles. The van der Waals surface area contributed by atoms with Crippen molar-refractivity contribution in [2.24, 2.45) is 0 Å². The highest BCUT2D eigenvalue weighted by Gasteiger charge is 2.14. The normalized spacial score (nSPS) is 11.2. The van der Waals surface area contributed by atoms with Crippen molar-refractivity contribution >= 4 is 15.7 Å². The van der Waals surface area contributed by atoms with Crippen LogP contribution in [0.4, 0.5) is 10.1 Å². The molecule has 2 aromatic rings. The second kappa shape index (κ2) is 4.66. The number of hydrogen-bond acceptors (Lipinski definition) is 3. The van der Waals surface area contributed by atoms with Gasteiger partial charge in [-0.2, -0.15) is 0 Å². The van der Waals surface area contributed by atoms with Gasteiger partial charge >= 0.3 is 0 Å². The van der Waals surface area contributed by atoms with Gasteiger partial charge in [-0.15, -0.1) is 0 Å². The summed E-state index contributed by atoms with van der Waals surface area (Å²) in [4.78, 5) is -0.0910. The van der Waals surface area contributed by atoms with Crippen LogP contribution >= 0.6 is 0 Å². The zero-order valence-electron chi connectivity index (χ0n) is 9.17. The van der Waals surface area contributed by atoms with Gasteiger partial charge in [-0.25, -0.2) is 12.8 Å². The molecule has 2 rings (SSSR count). The van der Waals surface area contributed by atoms with E-state index in [1.54, 1.807) is 0 Å². The first kappa shape index (κ1) is 12.4. The molecule has 2 N–H and O–H groups in total. The molecule has 2 aromatic carbocycles. The Balaban J connectivity index is 2.33. The minimum Gasteiger partial charge on any atom is -0.508 e. The summed E-state index contributed by atoms with van der Waals surface area (Å²) in [6.45, 7) is 0. The monoisotopic (exact) mass is 267 g/mol. The number of sulfonamides is 1. The lowest BCUT2D eigenvalue weighted by Gasteiger charge is -2.08. The SMILES string of the molecule is O=S(=O)(Nc1cccc(F)c1)c1cccc(O)c1. The van der Waals surface area contributed by atoms with Crippen molar-refractivity contribution in [2.75, 3.05) is 4.72 Å². The molecule has 0 aliphatic rings. The van der Waals surface area contributed by atoms with Gasteiger partial charge in [-0.05, 0) is 30.3 Å². The Morgan fingerprint density at radius 2 is 1.78 bits per heavy atom. The van der Waals surface area contributed by atoms with Gasteiger partial charge in [0, 0.05) is 6.07 Å². The number of phenols is 1. The first-order valence-electron chi connectivity index (χ1n) is 5.05. The van der Waals surface area contributed by atoms with Gasteiger partial charge in [0.1, 0.15) is 11.6 Å². The fourth-order valence-corrected chi connectivity index (χ4v) is 2.51. The summed E-state index contributed by atoms with van der Waals surface area (Å²) in [7, 11) is -3.83. The van der Waals surface area contributed by atoms with E-state index in [0.717, 1.165) is 12.1 Å². The largest absolute Gasteiger partial charge is 0.508 e. The maximum atomic E-state index is 12.9. The van der Waals surface area contributed by atoms with E-state index in [2.05, 4.69) is 4.72 Å². The average molecular weight is 267 g/mol. The summed E-state index contributed by atoms with van der Waals surface area (Å²) in [5.41, 5.74) is 0.123. The second-order valence-corrected chi connectivity index (χ2v) is 5.30. The zero-order chi connectivity index (χ0) is 13.2. The van der Waals surface area contributed by atoms with Crippen LogP contribution in [-0.2, 0) is 10.0 Å². The van der Waals surface area contributed by atoms with Crippen molar-refractivity contribution < 1.29 is 17.9 Å². The van der Waals surface area contributed by atoms with Gasteiger partial charge < -0.3 is 5.11 Å². The van der Waals surface area contributed by atoms with Gasteiger partial charge in [-0.1, -0.05) is 12.1 Å². The zero-order valence-corrected chi connectivity index (χ0v) is 9.99. The molecule has 0 radical (unpaired) electrons. The number of anilines is 1. The minimum absolute atomic E-state index is 0.0910. The highest BCUT2D eigenvalue weighted by Crippen LogP contribution is 2.19. The van der Waals surface area contributed by atoms with E-state index in [4.69, 9.17) is 0 Å². The molecule has 94 valence electrons. The smallest absolute Gasteiger partial charge is 0.262 e. The number of nitrogens with one attached hydrogen (secondary N) is 1. The highest BCUT2D eigenvalue weighted by molar-refractivity contribution is 7.92. The number of halogens is 1. The first-order chi connectivity index (χ1) is 8.47. The molecule has 6 heteroatoms. The van der Waals surface area contributed by atoms with Crippen LogP contribution < -0.4 is 4.72 Å². The van der Waals surface area contributed by atoms with Crippen LogP contribution in [0.3, 0.4) is 0 Å². The summed E-state index contributed by atoms with van der Waals surface area (Å²) in [5.74, 6) is -0.691.